The number of hydrogen-bond donors (Lipinski definition) is 1. The molecule has 6 nitrogen and oxygen atoms in total. The largest absolute Gasteiger partial charge is 0.503 e. The fraction of sp³-hybridized carbons (Fsp3) is 0.357. The number of aliphatic hydroxyl groups excluding tert-OH is 1. The number of nitrogens with zero attached hydrogens (tertiary/aromatic N) is 2. The number of rotatable bonds is 6. The van der Waals surface area contributed by atoms with E-state index in [2.05, 4.69) is 20.8 Å². The number of benzene rings is 2. The molecule has 1 aliphatic rings. The highest BCUT2D eigenvalue weighted by Gasteiger charge is 2.44. The van der Waals surface area contributed by atoms with Gasteiger partial charge < -0.3 is 19.3 Å². The zero-order valence-corrected chi connectivity index (χ0v) is 20.7. The summed E-state index contributed by atoms with van der Waals surface area (Å²) < 4.78 is 5.83. The van der Waals surface area contributed by atoms with Crippen LogP contribution in [0.1, 0.15) is 54.1 Å². The van der Waals surface area contributed by atoms with E-state index in [0.717, 1.165) is 22.1 Å². The average molecular weight is 461 g/mol. The van der Waals surface area contributed by atoms with Gasteiger partial charge in [0.05, 0.1) is 11.6 Å². The molecule has 1 amide bonds. The maximum atomic E-state index is 13.7. The lowest BCUT2D eigenvalue weighted by Gasteiger charge is -2.28. The predicted octanol–water partition coefficient (Wildman–Crippen LogP) is 5.18. The zero-order valence-electron chi connectivity index (χ0n) is 20.7. The minimum Gasteiger partial charge on any atom is -0.503 e. The number of fused-ring (bicyclic) bond motifs is 1. The van der Waals surface area contributed by atoms with Crippen LogP contribution in [0.3, 0.4) is 0 Å². The topological polar surface area (TPSA) is 74.0 Å². The first-order chi connectivity index (χ1) is 16.0. The third-order valence-electron chi connectivity index (χ3n) is 6.32. The first-order valence-electron chi connectivity index (χ1n) is 11.5. The highest BCUT2D eigenvalue weighted by molar-refractivity contribution is 6.16. The van der Waals surface area contributed by atoms with Crippen LogP contribution in [0, 0.1) is 6.92 Å². The van der Waals surface area contributed by atoms with Crippen LogP contribution in [0.5, 0.6) is 0 Å². The van der Waals surface area contributed by atoms with E-state index in [1.54, 1.807) is 11.0 Å². The van der Waals surface area contributed by atoms with Gasteiger partial charge in [0.25, 0.3) is 5.91 Å². The molecule has 2 aromatic carbocycles. The summed E-state index contributed by atoms with van der Waals surface area (Å²) in [6.45, 7) is 9.34. The second-order valence-corrected chi connectivity index (χ2v) is 10.3. The number of Topliss-reactive ketones (excluding diaryl/α,β-unsaturated/α-hetero) is 1. The molecule has 4 rings (SSSR count). The molecule has 34 heavy (non-hydrogen) atoms. The number of hydrogen-bond acceptors (Lipinski definition) is 5. The fourth-order valence-corrected chi connectivity index (χ4v) is 4.34. The van der Waals surface area contributed by atoms with Gasteiger partial charge in [-0.3, -0.25) is 9.59 Å². The minimum absolute atomic E-state index is 0.0301. The summed E-state index contributed by atoms with van der Waals surface area (Å²) in [6.07, 6.45) is 0. The van der Waals surface area contributed by atoms with Gasteiger partial charge in [0.1, 0.15) is 5.58 Å². The molecule has 0 saturated carbocycles. The Balaban J connectivity index is 1.78. The van der Waals surface area contributed by atoms with Crippen molar-refractivity contribution in [2.24, 2.45) is 0 Å². The molecule has 1 aromatic heterocycles. The third-order valence-corrected chi connectivity index (χ3v) is 6.32. The van der Waals surface area contributed by atoms with Crippen LogP contribution in [-0.4, -0.2) is 53.8 Å². The molecule has 178 valence electrons. The van der Waals surface area contributed by atoms with E-state index in [1.165, 1.54) is 0 Å². The summed E-state index contributed by atoms with van der Waals surface area (Å²) in [6, 6.07) is 14.6. The zero-order chi connectivity index (χ0) is 24.8. The Morgan fingerprint density at radius 2 is 1.76 bits per heavy atom. The number of carbonyl (C=O) groups is 2. The molecule has 0 bridgehead atoms. The van der Waals surface area contributed by atoms with Crippen LogP contribution in [0.2, 0.25) is 0 Å². The van der Waals surface area contributed by atoms with E-state index in [0.29, 0.717) is 18.7 Å². The maximum absolute atomic E-state index is 13.7. The summed E-state index contributed by atoms with van der Waals surface area (Å²) >= 11 is 0. The number of aliphatic hydroxyl groups is 1. The number of ketones is 1. The van der Waals surface area contributed by atoms with Gasteiger partial charge in [-0.05, 0) is 55.8 Å². The number of amides is 1. The molecule has 0 spiro atoms. The lowest BCUT2D eigenvalue weighted by molar-refractivity contribution is -0.129. The Labute approximate surface area is 200 Å². The first kappa shape index (κ1) is 23.8. The van der Waals surface area contributed by atoms with Crippen LogP contribution in [0.4, 0.5) is 0 Å². The van der Waals surface area contributed by atoms with Gasteiger partial charge in [-0.2, -0.15) is 0 Å². The molecule has 0 saturated heterocycles. The molecule has 1 unspecified atom stereocenters. The van der Waals surface area contributed by atoms with Crippen LogP contribution >= 0.6 is 0 Å². The molecule has 0 aliphatic carbocycles. The van der Waals surface area contributed by atoms with Crippen LogP contribution < -0.4 is 0 Å². The molecule has 6 heteroatoms. The van der Waals surface area contributed by atoms with Crippen molar-refractivity contribution in [3.05, 3.63) is 82.3 Å². The molecule has 1 aliphatic heterocycles. The van der Waals surface area contributed by atoms with E-state index in [-0.39, 0.29) is 16.7 Å². The number of carbonyl (C=O) groups excluding carboxylic acids is 2. The summed E-state index contributed by atoms with van der Waals surface area (Å²) in [4.78, 5) is 30.3. The van der Waals surface area contributed by atoms with Crippen molar-refractivity contribution in [3.63, 3.8) is 0 Å². The monoisotopic (exact) mass is 460 g/mol. The number of aryl methyl sites for hydroxylation is 1. The SMILES string of the molecule is Cc1ccc2oc(C(=O)C3=C(O)C(=O)N(CCN(C)C)C3c3ccc(C(C)(C)C)cc3)cc2c1. The van der Waals surface area contributed by atoms with Crippen molar-refractivity contribution >= 4 is 22.7 Å². The van der Waals surface area contributed by atoms with E-state index in [1.807, 2.05) is 68.4 Å². The fourth-order valence-electron chi connectivity index (χ4n) is 4.34. The molecular weight excluding hydrogens is 428 g/mol. The summed E-state index contributed by atoms with van der Waals surface area (Å²) in [5.41, 5.74) is 3.60. The second-order valence-electron chi connectivity index (χ2n) is 10.3. The van der Waals surface area contributed by atoms with Gasteiger partial charge in [0.2, 0.25) is 5.78 Å². The summed E-state index contributed by atoms with van der Waals surface area (Å²) in [5.74, 6) is -1.41. The van der Waals surface area contributed by atoms with Crippen molar-refractivity contribution in [1.29, 1.82) is 0 Å². The quantitative estimate of drug-likeness (QED) is 0.513. The third kappa shape index (κ3) is 4.38. The van der Waals surface area contributed by atoms with E-state index in [9.17, 15) is 14.7 Å². The molecule has 1 N–H and O–H groups in total. The van der Waals surface area contributed by atoms with Gasteiger partial charge in [0.15, 0.2) is 11.5 Å². The molecule has 2 heterocycles. The second kappa shape index (κ2) is 8.76. The Bertz CT molecular complexity index is 1280. The highest BCUT2D eigenvalue weighted by atomic mass is 16.3. The van der Waals surface area contributed by atoms with Crippen molar-refractivity contribution in [2.45, 2.75) is 39.2 Å². The van der Waals surface area contributed by atoms with E-state index < -0.39 is 23.5 Å². The maximum Gasteiger partial charge on any atom is 0.290 e. The van der Waals surface area contributed by atoms with Crippen molar-refractivity contribution in [1.82, 2.24) is 9.80 Å². The molecule has 0 fully saturated rings. The summed E-state index contributed by atoms with van der Waals surface area (Å²) in [7, 11) is 3.84. The van der Waals surface area contributed by atoms with Gasteiger partial charge in [-0.1, -0.05) is 56.7 Å². The smallest absolute Gasteiger partial charge is 0.290 e. The Morgan fingerprint density at radius 1 is 1.09 bits per heavy atom. The van der Waals surface area contributed by atoms with Crippen molar-refractivity contribution in [2.75, 3.05) is 27.2 Å². The Morgan fingerprint density at radius 3 is 2.38 bits per heavy atom. The van der Waals surface area contributed by atoms with Crippen LogP contribution in [0.25, 0.3) is 11.0 Å². The van der Waals surface area contributed by atoms with Crippen molar-refractivity contribution < 1.29 is 19.1 Å². The molecule has 0 radical (unpaired) electrons. The summed E-state index contributed by atoms with van der Waals surface area (Å²) in [5, 5.41) is 11.7. The van der Waals surface area contributed by atoms with Gasteiger partial charge in [-0.15, -0.1) is 0 Å². The Hall–Kier alpha value is -3.38. The minimum atomic E-state index is -0.691. The predicted molar refractivity (Wildman–Crippen MR) is 133 cm³/mol. The average Bonchev–Trinajstić information content (AvgIpc) is 3.30. The van der Waals surface area contributed by atoms with Gasteiger partial charge >= 0.3 is 0 Å². The lowest BCUT2D eigenvalue weighted by Crippen LogP contribution is -2.36. The lowest BCUT2D eigenvalue weighted by atomic mass is 9.85. The molecule has 3 aromatic rings. The number of likely N-dealkylation sites (N-methyl/N-ethyl adjacent to an activating group) is 1. The standard InChI is InChI=1S/C28H32N2O4/c1-17-7-12-21-19(15-17)16-22(34-21)25(31)23-24(18-8-10-20(11-9-18)28(2,3)4)30(14-13-29(5)6)27(33)26(23)32/h7-12,15-16,24,32H,13-14H2,1-6H3. The number of furan rings is 1. The molecular formula is C28H32N2O4. The first-order valence-corrected chi connectivity index (χ1v) is 11.5. The molecule has 1 atom stereocenters. The van der Waals surface area contributed by atoms with E-state index >= 15 is 0 Å². The van der Waals surface area contributed by atoms with Gasteiger partial charge in [-0.25, -0.2) is 0 Å². The van der Waals surface area contributed by atoms with Gasteiger partial charge in [0, 0.05) is 18.5 Å². The normalized spacial score (nSPS) is 16.9. The van der Waals surface area contributed by atoms with E-state index in [4.69, 9.17) is 4.42 Å². The van der Waals surface area contributed by atoms with Crippen molar-refractivity contribution in [3.8, 4) is 0 Å². The van der Waals surface area contributed by atoms with Crippen LogP contribution in [0.15, 0.2) is 64.3 Å². The van der Waals surface area contributed by atoms with Crippen LogP contribution in [-0.2, 0) is 10.2 Å². The Kier molecular flexibility index (Phi) is 6.13. The highest BCUT2D eigenvalue weighted by Crippen LogP contribution is 2.40.